The van der Waals surface area contributed by atoms with Gasteiger partial charge in [-0.25, -0.2) is 0 Å². The van der Waals surface area contributed by atoms with Crippen molar-refractivity contribution >= 4 is 61.3 Å². The fourth-order valence-electron chi connectivity index (χ4n) is 10.3. The highest BCUT2D eigenvalue weighted by Crippen LogP contribution is 2.39. The molecule has 3 heteroatoms. The SMILES string of the molecule is C1=CC(c2ccc(-c3ccc(-n4c5c(c6c(-n7c8c(c9cc(-n%10c%11ccccc%11c%11ccccc%11%10)ccc97)CCCC8)cccc64)=CCCC=5)cc3)cc2)=CCC1. The third-order valence-corrected chi connectivity index (χ3v) is 12.9. The van der Waals surface area contributed by atoms with Crippen LogP contribution in [0.4, 0.5) is 0 Å². The van der Waals surface area contributed by atoms with E-state index in [0.717, 1.165) is 38.5 Å². The van der Waals surface area contributed by atoms with Gasteiger partial charge < -0.3 is 13.7 Å². The number of rotatable bonds is 5. The molecule has 0 unspecified atom stereocenters. The third-order valence-electron chi connectivity index (χ3n) is 12.9. The molecule has 0 saturated heterocycles. The molecule has 0 fully saturated rings. The van der Waals surface area contributed by atoms with Crippen LogP contribution in [0.2, 0.25) is 0 Å². The van der Waals surface area contributed by atoms with Gasteiger partial charge in [-0.3, -0.25) is 0 Å². The Labute approximate surface area is 332 Å². The van der Waals surface area contributed by atoms with Crippen LogP contribution in [-0.4, -0.2) is 13.7 Å². The van der Waals surface area contributed by atoms with Crippen LogP contribution in [0.1, 0.15) is 55.3 Å². The molecular weight excluding hydrogens is 691 g/mol. The van der Waals surface area contributed by atoms with E-state index in [2.05, 4.69) is 178 Å². The van der Waals surface area contributed by atoms with Crippen LogP contribution in [-0.2, 0) is 12.8 Å². The summed E-state index contributed by atoms with van der Waals surface area (Å²) >= 11 is 0. The number of hydrogen-bond donors (Lipinski definition) is 0. The summed E-state index contributed by atoms with van der Waals surface area (Å²) in [6, 6.07) is 50.2. The molecular formula is C54H43N3. The summed E-state index contributed by atoms with van der Waals surface area (Å²) < 4.78 is 7.61. The van der Waals surface area contributed by atoms with E-state index in [4.69, 9.17) is 0 Å². The van der Waals surface area contributed by atoms with E-state index in [1.807, 2.05) is 0 Å². The highest BCUT2D eigenvalue weighted by Gasteiger charge is 2.25. The molecule has 3 aromatic heterocycles. The maximum Gasteiger partial charge on any atom is 0.0561 e. The number of nitrogens with zero attached hydrogens (tertiary/aromatic N) is 3. The van der Waals surface area contributed by atoms with Crippen LogP contribution < -0.4 is 10.6 Å². The van der Waals surface area contributed by atoms with Gasteiger partial charge in [0.2, 0.25) is 0 Å². The smallest absolute Gasteiger partial charge is 0.0561 e. The van der Waals surface area contributed by atoms with Gasteiger partial charge in [-0.05, 0) is 134 Å². The van der Waals surface area contributed by atoms with E-state index in [1.54, 1.807) is 0 Å². The van der Waals surface area contributed by atoms with Crippen molar-refractivity contribution in [3.05, 3.63) is 179 Å². The van der Waals surface area contributed by atoms with Crippen LogP contribution in [0.3, 0.4) is 0 Å². The molecule has 0 N–H and O–H groups in total. The predicted molar refractivity (Wildman–Crippen MR) is 240 cm³/mol. The van der Waals surface area contributed by atoms with Gasteiger partial charge in [-0.15, -0.1) is 0 Å². The maximum atomic E-state index is 2.64. The van der Waals surface area contributed by atoms with E-state index in [-0.39, 0.29) is 0 Å². The Kier molecular flexibility index (Phi) is 7.44. The highest BCUT2D eigenvalue weighted by molar-refractivity contribution is 6.09. The second-order valence-electron chi connectivity index (χ2n) is 16.1. The van der Waals surface area contributed by atoms with Gasteiger partial charge in [-0.2, -0.15) is 0 Å². The largest absolute Gasteiger partial charge is 0.313 e. The molecule has 0 atom stereocenters. The zero-order valence-electron chi connectivity index (χ0n) is 32.1. The highest BCUT2D eigenvalue weighted by atomic mass is 15.0. The molecule has 0 spiro atoms. The van der Waals surface area contributed by atoms with Gasteiger partial charge in [0.25, 0.3) is 0 Å². The first-order valence-corrected chi connectivity index (χ1v) is 20.9. The number of para-hydroxylation sites is 2. The van der Waals surface area contributed by atoms with Crippen molar-refractivity contribution in [3.8, 4) is 28.2 Å². The molecule has 0 radical (unpaired) electrons. The minimum absolute atomic E-state index is 1.06. The summed E-state index contributed by atoms with van der Waals surface area (Å²) in [5.74, 6) is 0. The van der Waals surface area contributed by atoms with Crippen LogP contribution >= 0.6 is 0 Å². The number of aryl methyl sites for hydroxylation is 1. The third kappa shape index (κ3) is 5.04. The van der Waals surface area contributed by atoms with Gasteiger partial charge in [0.1, 0.15) is 0 Å². The van der Waals surface area contributed by atoms with Crippen LogP contribution in [0.5, 0.6) is 0 Å². The van der Waals surface area contributed by atoms with Crippen molar-refractivity contribution < 1.29 is 0 Å². The molecule has 0 amide bonds. The normalized spacial score (nSPS) is 15.1. The predicted octanol–water partition coefficient (Wildman–Crippen LogP) is 12.3. The van der Waals surface area contributed by atoms with Crippen molar-refractivity contribution in [2.24, 2.45) is 0 Å². The molecule has 0 aliphatic heterocycles. The summed E-state index contributed by atoms with van der Waals surface area (Å²) in [7, 11) is 0. The first kappa shape index (κ1) is 32.6. The lowest BCUT2D eigenvalue weighted by Crippen LogP contribution is -2.30. The topological polar surface area (TPSA) is 14.8 Å². The Morgan fingerprint density at radius 2 is 1.09 bits per heavy atom. The van der Waals surface area contributed by atoms with Crippen LogP contribution in [0.15, 0.2) is 152 Å². The molecule has 12 rings (SSSR count). The van der Waals surface area contributed by atoms with Gasteiger partial charge in [-0.1, -0.05) is 109 Å². The van der Waals surface area contributed by atoms with Crippen molar-refractivity contribution in [3.63, 3.8) is 0 Å². The Hall–Kier alpha value is -6.58. The second-order valence-corrected chi connectivity index (χ2v) is 16.1. The summed E-state index contributed by atoms with van der Waals surface area (Å²) in [6.07, 6.45) is 20.9. The fourth-order valence-corrected chi connectivity index (χ4v) is 10.3. The Morgan fingerprint density at radius 3 is 1.86 bits per heavy atom. The molecule has 274 valence electrons. The minimum Gasteiger partial charge on any atom is -0.313 e. The maximum absolute atomic E-state index is 2.64. The van der Waals surface area contributed by atoms with Gasteiger partial charge in [0.05, 0.1) is 27.8 Å². The molecule has 57 heavy (non-hydrogen) atoms. The standard InChI is InChI=1S/C54H43N3/c1-2-13-36(14-3-1)37-25-27-38(28-26-37)39-29-31-40(32-30-39)55-50-22-11-7-18-45(50)54-52(55)23-12-24-53(54)57-49-21-10-6-17-44(49)46-35-41(33-34-51(46)57)56-47-19-8-4-15-42(47)43-16-5-9-20-48(43)56/h2,4-5,8-9,12-16,18-20,22-35H,1,3,6-7,10-11,17,21H2. The molecule has 9 aromatic rings. The van der Waals surface area contributed by atoms with Crippen LogP contribution in [0, 0.1) is 0 Å². The van der Waals surface area contributed by atoms with Gasteiger partial charge >= 0.3 is 0 Å². The summed E-state index contributed by atoms with van der Waals surface area (Å²) in [6.45, 7) is 0. The molecule has 3 aliphatic rings. The first-order valence-electron chi connectivity index (χ1n) is 20.9. The lowest BCUT2D eigenvalue weighted by molar-refractivity contribution is 0.667. The Morgan fingerprint density at radius 1 is 0.439 bits per heavy atom. The second kappa shape index (κ2) is 13.0. The van der Waals surface area contributed by atoms with Crippen molar-refractivity contribution in [1.29, 1.82) is 0 Å². The number of benzene rings is 6. The number of allylic oxidation sites excluding steroid dienone is 4. The average molecular weight is 734 g/mol. The van der Waals surface area contributed by atoms with E-state index in [9.17, 15) is 0 Å². The van der Waals surface area contributed by atoms with Gasteiger partial charge in [0.15, 0.2) is 0 Å². The first-order chi connectivity index (χ1) is 28.3. The molecule has 3 aliphatic carbocycles. The minimum atomic E-state index is 1.06. The Bertz CT molecular complexity index is 3210. The van der Waals surface area contributed by atoms with Crippen LogP contribution in [0.25, 0.3) is 89.5 Å². The van der Waals surface area contributed by atoms with Crippen molar-refractivity contribution in [2.45, 2.75) is 51.4 Å². The Balaban J connectivity index is 1.01. The quantitative estimate of drug-likeness (QED) is 0.167. The average Bonchev–Trinajstić information content (AvgIpc) is 3.92. The molecule has 3 nitrogen and oxygen atoms in total. The van der Waals surface area contributed by atoms with Crippen molar-refractivity contribution in [2.75, 3.05) is 0 Å². The summed E-state index contributed by atoms with van der Waals surface area (Å²) in [5.41, 5.74) is 16.9. The molecule has 3 heterocycles. The van der Waals surface area contributed by atoms with Gasteiger partial charge in [0, 0.05) is 49.2 Å². The number of fused-ring (bicyclic) bond motifs is 9. The molecule has 6 aromatic carbocycles. The zero-order chi connectivity index (χ0) is 37.5. The lowest BCUT2D eigenvalue weighted by atomic mass is 9.95. The van der Waals surface area contributed by atoms with E-state index in [0.29, 0.717) is 0 Å². The monoisotopic (exact) mass is 733 g/mol. The van der Waals surface area contributed by atoms with Crippen molar-refractivity contribution in [1.82, 2.24) is 13.7 Å². The zero-order valence-corrected chi connectivity index (χ0v) is 32.1. The fraction of sp³-hybridized carbons (Fsp3) is 0.148. The molecule has 0 saturated carbocycles. The number of hydrogen-bond acceptors (Lipinski definition) is 0. The lowest BCUT2D eigenvalue weighted by Gasteiger charge is -2.17. The van der Waals surface area contributed by atoms with E-state index in [1.165, 1.54) is 118 Å². The summed E-state index contributed by atoms with van der Waals surface area (Å²) in [4.78, 5) is 0. The summed E-state index contributed by atoms with van der Waals surface area (Å²) in [5, 5.41) is 8.03. The molecule has 0 bridgehead atoms. The number of aromatic nitrogens is 3. The van der Waals surface area contributed by atoms with E-state index < -0.39 is 0 Å². The van der Waals surface area contributed by atoms with E-state index >= 15 is 0 Å².